The average molecular weight is 378 g/mol. The number of hydrogen-bond acceptors (Lipinski definition) is 4. The van der Waals surface area contributed by atoms with Gasteiger partial charge in [-0.1, -0.05) is 54.6 Å². The van der Waals surface area contributed by atoms with Gasteiger partial charge in [-0.05, 0) is 30.5 Å². The minimum atomic E-state index is -0.399. The first-order valence-electron chi connectivity index (χ1n) is 9.49. The van der Waals surface area contributed by atoms with Crippen LogP contribution in [0.25, 0.3) is 10.9 Å². The lowest BCUT2D eigenvalue weighted by molar-refractivity contribution is 0.155. The van der Waals surface area contributed by atoms with Gasteiger partial charge in [-0.15, -0.1) is 6.58 Å². The van der Waals surface area contributed by atoms with Crippen LogP contribution in [-0.4, -0.2) is 29.0 Å². The molecule has 2 atom stereocenters. The molecule has 2 N–H and O–H groups in total. The number of rotatable bonds is 8. The number of ether oxygens (including phenoxy) is 1. The predicted molar refractivity (Wildman–Crippen MR) is 111 cm³/mol. The lowest BCUT2D eigenvalue weighted by Crippen LogP contribution is -2.28. The van der Waals surface area contributed by atoms with Crippen molar-refractivity contribution in [1.82, 2.24) is 9.88 Å². The van der Waals surface area contributed by atoms with E-state index >= 15 is 0 Å². The van der Waals surface area contributed by atoms with E-state index in [4.69, 9.17) is 4.74 Å². The standard InChI is InChI=1S/C23H26N2O3/c1-3-10-20(24-21(16-26)17-11-6-5-7-12-17)19-15-25(23(27)28-4-2)22-14-9-8-13-18(19)22/h3,5-9,11-15,20-21,24,26H,1,4,10,16H2,2H3/t20-,21+/m1/s1. The van der Waals surface area contributed by atoms with Crippen LogP contribution in [0.4, 0.5) is 4.79 Å². The van der Waals surface area contributed by atoms with Crippen molar-refractivity contribution in [3.8, 4) is 0 Å². The summed E-state index contributed by atoms with van der Waals surface area (Å²) in [7, 11) is 0. The summed E-state index contributed by atoms with van der Waals surface area (Å²) in [6.45, 7) is 5.95. The molecule has 1 heterocycles. The Kier molecular flexibility index (Phi) is 6.63. The van der Waals surface area contributed by atoms with E-state index in [2.05, 4.69) is 11.9 Å². The molecule has 0 unspecified atom stereocenters. The van der Waals surface area contributed by atoms with Crippen LogP contribution in [0.15, 0.2) is 73.4 Å². The number of aliphatic hydroxyl groups excluding tert-OH is 1. The third-order valence-electron chi connectivity index (χ3n) is 4.77. The summed E-state index contributed by atoms with van der Waals surface area (Å²) in [5.74, 6) is 0. The average Bonchev–Trinajstić information content (AvgIpc) is 3.12. The second kappa shape index (κ2) is 9.35. The quantitative estimate of drug-likeness (QED) is 0.563. The first kappa shape index (κ1) is 19.9. The fourth-order valence-electron chi connectivity index (χ4n) is 3.46. The number of para-hydroxylation sites is 1. The van der Waals surface area contributed by atoms with Crippen LogP contribution in [0.5, 0.6) is 0 Å². The summed E-state index contributed by atoms with van der Waals surface area (Å²) >= 11 is 0. The Morgan fingerprint density at radius 3 is 2.57 bits per heavy atom. The molecule has 5 nitrogen and oxygen atoms in total. The lowest BCUT2D eigenvalue weighted by Gasteiger charge is -2.24. The Balaban J connectivity index is 2.01. The first-order chi connectivity index (χ1) is 13.7. The minimum Gasteiger partial charge on any atom is -0.449 e. The topological polar surface area (TPSA) is 63.5 Å². The number of carbonyl (C=O) groups excluding carboxylic acids is 1. The van der Waals surface area contributed by atoms with E-state index in [1.165, 1.54) is 0 Å². The van der Waals surface area contributed by atoms with Crippen LogP contribution in [-0.2, 0) is 4.74 Å². The molecule has 0 spiro atoms. The van der Waals surface area contributed by atoms with Gasteiger partial charge in [0, 0.05) is 17.6 Å². The molecule has 0 bridgehead atoms. The number of carbonyl (C=O) groups is 1. The summed E-state index contributed by atoms with van der Waals surface area (Å²) in [5.41, 5.74) is 2.78. The van der Waals surface area contributed by atoms with Gasteiger partial charge in [0.2, 0.25) is 0 Å². The second-order valence-electron chi connectivity index (χ2n) is 6.56. The molecule has 0 amide bonds. The lowest BCUT2D eigenvalue weighted by atomic mass is 9.99. The molecule has 5 heteroatoms. The van der Waals surface area contributed by atoms with E-state index in [-0.39, 0.29) is 18.7 Å². The zero-order chi connectivity index (χ0) is 19.9. The van der Waals surface area contributed by atoms with Gasteiger partial charge in [-0.3, -0.25) is 4.57 Å². The molecule has 1 aromatic heterocycles. The Labute approximate surface area is 165 Å². The number of aromatic nitrogens is 1. The Bertz CT molecular complexity index is 933. The molecule has 0 aliphatic carbocycles. The Morgan fingerprint density at radius 1 is 1.18 bits per heavy atom. The molecule has 146 valence electrons. The molecule has 0 aliphatic heterocycles. The highest BCUT2D eigenvalue weighted by Gasteiger charge is 2.22. The predicted octanol–water partition coefficient (Wildman–Crippen LogP) is 4.59. The molecule has 0 radical (unpaired) electrons. The van der Waals surface area contributed by atoms with Gasteiger partial charge < -0.3 is 15.2 Å². The van der Waals surface area contributed by atoms with Crippen molar-refractivity contribution in [1.29, 1.82) is 0 Å². The number of hydrogen-bond donors (Lipinski definition) is 2. The van der Waals surface area contributed by atoms with Crippen LogP contribution >= 0.6 is 0 Å². The Hall–Kier alpha value is -2.89. The van der Waals surface area contributed by atoms with Crippen molar-refractivity contribution in [2.24, 2.45) is 0 Å². The van der Waals surface area contributed by atoms with Crippen LogP contribution in [0.3, 0.4) is 0 Å². The monoisotopic (exact) mass is 378 g/mol. The van der Waals surface area contributed by atoms with Crippen LogP contribution in [0, 0.1) is 0 Å². The second-order valence-corrected chi connectivity index (χ2v) is 6.56. The van der Waals surface area contributed by atoms with Crippen LogP contribution < -0.4 is 5.32 Å². The number of nitrogens with zero attached hydrogens (tertiary/aromatic N) is 1. The van der Waals surface area contributed by atoms with Gasteiger partial charge in [0.1, 0.15) is 0 Å². The summed E-state index contributed by atoms with van der Waals surface area (Å²) in [5, 5.41) is 14.5. The van der Waals surface area contributed by atoms with E-state index in [1.807, 2.05) is 66.9 Å². The van der Waals surface area contributed by atoms with E-state index in [0.29, 0.717) is 13.0 Å². The molecule has 0 saturated heterocycles. The first-order valence-corrected chi connectivity index (χ1v) is 9.49. The van der Waals surface area contributed by atoms with Crippen LogP contribution in [0.1, 0.15) is 36.6 Å². The van der Waals surface area contributed by atoms with Crippen LogP contribution in [0.2, 0.25) is 0 Å². The summed E-state index contributed by atoms with van der Waals surface area (Å²) in [4.78, 5) is 12.4. The van der Waals surface area contributed by atoms with Crippen molar-refractivity contribution < 1.29 is 14.6 Å². The maximum atomic E-state index is 12.4. The van der Waals surface area contributed by atoms with Gasteiger partial charge in [-0.2, -0.15) is 0 Å². The molecule has 28 heavy (non-hydrogen) atoms. The number of fused-ring (bicyclic) bond motifs is 1. The normalized spacial score (nSPS) is 13.2. The van der Waals surface area contributed by atoms with E-state index < -0.39 is 6.09 Å². The minimum absolute atomic E-state index is 0.0336. The zero-order valence-electron chi connectivity index (χ0n) is 16.0. The summed E-state index contributed by atoms with van der Waals surface area (Å²) < 4.78 is 6.75. The maximum Gasteiger partial charge on any atom is 0.418 e. The van der Waals surface area contributed by atoms with Crippen molar-refractivity contribution in [2.75, 3.05) is 13.2 Å². The number of benzene rings is 2. The highest BCUT2D eigenvalue weighted by molar-refractivity contribution is 5.92. The van der Waals surface area contributed by atoms with Gasteiger partial charge >= 0.3 is 6.09 Å². The summed E-state index contributed by atoms with van der Waals surface area (Å²) in [6.07, 6.45) is 3.92. The van der Waals surface area contributed by atoms with E-state index in [0.717, 1.165) is 22.0 Å². The van der Waals surface area contributed by atoms with Gasteiger partial charge in [0.25, 0.3) is 0 Å². The molecule has 2 aromatic carbocycles. The zero-order valence-corrected chi connectivity index (χ0v) is 16.0. The van der Waals surface area contributed by atoms with Crippen molar-refractivity contribution in [3.63, 3.8) is 0 Å². The van der Waals surface area contributed by atoms with Crippen molar-refractivity contribution in [3.05, 3.63) is 84.6 Å². The molecule has 0 fully saturated rings. The third kappa shape index (κ3) is 4.16. The highest BCUT2D eigenvalue weighted by Crippen LogP contribution is 2.31. The Morgan fingerprint density at radius 2 is 1.89 bits per heavy atom. The molecular formula is C23H26N2O3. The van der Waals surface area contributed by atoms with Gasteiger partial charge in [0.05, 0.1) is 24.8 Å². The molecule has 0 aliphatic rings. The smallest absolute Gasteiger partial charge is 0.418 e. The number of aliphatic hydroxyl groups is 1. The third-order valence-corrected chi connectivity index (χ3v) is 4.77. The van der Waals surface area contributed by atoms with Crippen molar-refractivity contribution in [2.45, 2.75) is 25.4 Å². The number of nitrogens with one attached hydrogen (secondary N) is 1. The van der Waals surface area contributed by atoms with E-state index in [1.54, 1.807) is 11.5 Å². The van der Waals surface area contributed by atoms with Gasteiger partial charge in [0.15, 0.2) is 0 Å². The molecule has 3 aromatic rings. The molecule has 3 rings (SSSR count). The highest BCUT2D eigenvalue weighted by atomic mass is 16.5. The largest absolute Gasteiger partial charge is 0.449 e. The fourth-order valence-corrected chi connectivity index (χ4v) is 3.46. The fraction of sp³-hybridized carbons (Fsp3) is 0.261. The maximum absolute atomic E-state index is 12.4. The van der Waals surface area contributed by atoms with E-state index in [9.17, 15) is 9.90 Å². The van der Waals surface area contributed by atoms with Crippen molar-refractivity contribution >= 4 is 17.0 Å². The van der Waals surface area contributed by atoms with Gasteiger partial charge in [-0.25, -0.2) is 4.79 Å². The molecule has 0 saturated carbocycles. The summed E-state index contributed by atoms with van der Waals surface area (Å²) in [6, 6.07) is 17.2. The SMILES string of the molecule is C=CC[C@@H](N[C@@H](CO)c1ccccc1)c1cn(C(=O)OCC)c2ccccc12. The molecular weight excluding hydrogens is 352 g/mol.